The molecule has 0 spiro atoms. The lowest BCUT2D eigenvalue weighted by Gasteiger charge is -2.10. The summed E-state index contributed by atoms with van der Waals surface area (Å²) in [6.07, 6.45) is -3.57. The van der Waals surface area contributed by atoms with E-state index < -0.39 is 11.7 Å². The fourth-order valence-electron chi connectivity index (χ4n) is 1.97. The zero-order chi connectivity index (χ0) is 14.0. The van der Waals surface area contributed by atoms with Crippen molar-refractivity contribution in [1.82, 2.24) is 0 Å². The maximum atomic E-state index is 12.7. The van der Waals surface area contributed by atoms with Crippen molar-refractivity contribution in [1.29, 1.82) is 0 Å². The third kappa shape index (κ3) is 2.89. The Morgan fingerprint density at radius 2 is 1.68 bits per heavy atom. The van der Waals surface area contributed by atoms with Gasteiger partial charge < -0.3 is 5.73 Å². The molecule has 4 heteroatoms. The zero-order valence-corrected chi connectivity index (χ0v) is 10.5. The summed E-state index contributed by atoms with van der Waals surface area (Å²) >= 11 is 0. The number of halogens is 3. The van der Waals surface area contributed by atoms with Gasteiger partial charge in [-0.25, -0.2) is 0 Å². The topological polar surface area (TPSA) is 26.0 Å². The highest BCUT2D eigenvalue weighted by atomic mass is 19.4. The molecule has 0 aromatic heterocycles. The lowest BCUT2D eigenvalue weighted by molar-refractivity contribution is -0.137. The van der Waals surface area contributed by atoms with Crippen LogP contribution in [0.1, 0.15) is 18.1 Å². The van der Waals surface area contributed by atoms with Crippen molar-refractivity contribution < 1.29 is 13.2 Å². The van der Waals surface area contributed by atoms with E-state index in [1.165, 1.54) is 6.07 Å². The Labute approximate surface area is 109 Å². The molecule has 0 saturated heterocycles. The first kappa shape index (κ1) is 13.5. The van der Waals surface area contributed by atoms with E-state index in [1.807, 2.05) is 13.0 Å². The van der Waals surface area contributed by atoms with Gasteiger partial charge in [0.25, 0.3) is 0 Å². The van der Waals surface area contributed by atoms with E-state index >= 15 is 0 Å². The normalized spacial score (nSPS) is 11.6. The molecule has 0 atom stereocenters. The molecule has 0 aliphatic carbocycles. The summed E-state index contributed by atoms with van der Waals surface area (Å²) < 4.78 is 38.0. The third-order valence-electron chi connectivity index (χ3n) is 3.05. The molecule has 0 bridgehead atoms. The predicted octanol–water partition coefficient (Wildman–Crippen LogP) is 4.52. The summed E-state index contributed by atoms with van der Waals surface area (Å²) in [6, 6.07) is 10.6. The van der Waals surface area contributed by atoms with Gasteiger partial charge in [0.1, 0.15) is 0 Å². The van der Waals surface area contributed by atoms with Crippen molar-refractivity contribution in [3.63, 3.8) is 0 Å². The van der Waals surface area contributed by atoms with E-state index in [4.69, 9.17) is 5.73 Å². The van der Waals surface area contributed by atoms with Gasteiger partial charge in [-0.1, -0.05) is 25.1 Å². The molecule has 0 unspecified atom stereocenters. The van der Waals surface area contributed by atoms with Crippen LogP contribution in [-0.4, -0.2) is 0 Å². The molecule has 0 amide bonds. The van der Waals surface area contributed by atoms with Crippen LogP contribution in [0.25, 0.3) is 11.1 Å². The molecule has 19 heavy (non-hydrogen) atoms. The number of anilines is 1. The van der Waals surface area contributed by atoms with Gasteiger partial charge in [-0.15, -0.1) is 0 Å². The molecule has 0 aliphatic heterocycles. The first-order valence-electron chi connectivity index (χ1n) is 5.98. The van der Waals surface area contributed by atoms with Crippen LogP contribution in [0.4, 0.5) is 18.9 Å². The maximum Gasteiger partial charge on any atom is 0.416 e. The Bertz CT molecular complexity index is 588. The van der Waals surface area contributed by atoms with E-state index in [0.717, 1.165) is 29.7 Å². The van der Waals surface area contributed by atoms with E-state index in [2.05, 4.69) is 0 Å². The van der Waals surface area contributed by atoms with E-state index in [-0.39, 0.29) is 0 Å². The molecule has 2 rings (SSSR count). The average molecular weight is 265 g/mol. The van der Waals surface area contributed by atoms with Crippen molar-refractivity contribution in [3.05, 3.63) is 53.6 Å². The maximum absolute atomic E-state index is 12.7. The van der Waals surface area contributed by atoms with Crippen LogP contribution in [0.3, 0.4) is 0 Å². The van der Waals surface area contributed by atoms with Gasteiger partial charge in [0.05, 0.1) is 5.56 Å². The number of nitrogens with two attached hydrogens (primary N) is 1. The Morgan fingerprint density at radius 3 is 2.32 bits per heavy atom. The fraction of sp³-hybridized carbons (Fsp3) is 0.200. The highest BCUT2D eigenvalue weighted by molar-refractivity contribution is 5.68. The number of aryl methyl sites for hydroxylation is 1. The minimum absolute atomic E-state index is 0.546. The van der Waals surface area contributed by atoms with Gasteiger partial charge in [-0.05, 0) is 47.4 Å². The highest BCUT2D eigenvalue weighted by Crippen LogP contribution is 2.32. The Morgan fingerprint density at radius 1 is 1.00 bits per heavy atom. The van der Waals surface area contributed by atoms with E-state index in [1.54, 1.807) is 18.2 Å². The first-order valence-corrected chi connectivity index (χ1v) is 5.98. The van der Waals surface area contributed by atoms with Crippen molar-refractivity contribution in [3.8, 4) is 11.1 Å². The summed E-state index contributed by atoms with van der Waals surface area (Å²) in [4.78, 5) is 0. The molecule has 1 nitrogen and oxygen atoms in total. The zero-order valence-electron chi connectivity index (χ0n) is 10.5. The molecular weight excluding hydrogens is 251 g/mol. The second kappa shape index (κ2) is 4.96. The molecule has 0 saturated carbocycles. The van der Waals surface area contributed by atoms with Crippen LogP contribution in [0.2, 0.25) is 0 Å². The van der Waals surface area contributed by atoms with Gasteiger partial charge in [0.15, 0.2) is 0 Å². The van der Waals surface area contributed by atoms with Crippen LogP contribution in [0.15, 0.2) is 42.5 Å². The second-order valence-electron chi connectivity index (χ2n) is 4.35. The van der Waals surface area contributed by atoms with Gasteiger partial charge in [0.2, 0.25) is 0 Å². The summed E-state index contributed by atoms with van der Waals surface area (Å²) in [7, 11) is 0. The molecule has 2 N–H and O–H groups in total. The SMILES string of the molecule is CCc1cc(-c2cccc(C(F)(F)F)c2)ccc1N. The van der Waals surface area contributed by atoms with Crippen LogP contribution in [0, 0.1) is 0 Å². The smallest absolute Gasteiger partial charge is 0.399 e. The molecule has 100 valence electrons. The van der Waals surface area contributed by atoms with Crippen molar-refractivity contribution >= 4 is 5.69 Å². The molecule has 0 heterocycles. The van der Waals surface area contributed by atoms with Gasteiger partial charge >= 0.3 is 6.18 Å². The summed E-state index contributed by atoms with van der Waals surface area (Å²) in [5, 5.41) is 0. The lowest BCUT2D eigenvalue weighted by Crippen LogP contribution is -2.04. The number of hydrogen-bond acceptors (Lipinski definition) is 1. The molecule has 0 fully saturated rings. The van der Waals surface area contributed by atoms with Crippen molar-refractivity contribution in [2.24, 2.45) is 0 Å². The number of alkyl halides is 3. The molecular formula is C15H14F3N. The number of nitrogen functional groups attached to an aromatic ring is 1. The van der Waals surface area contributed by atoms with Crippen LogP contribution >= 0.6 is 0 Å². The Kier molecular flexibility index (Phi) is 3.51. The number of benzene rings is 2. The monoisotopic (exact) mass is 265 g/mol. The van der Waals surface area contributed by atoms with Gasteiger partial charge in [-0.2, -0.15) is 13.2 Å². The Hall–Kier alpha value is -1.97. The largest absolute Gasteiger partial charge is 0.416 e. The first-order chi connectivity index (χ1) is 8.91. The van der Waals surface area contributed by atoms with Crippen molar-refractivity contribution in [2.75, 3.05) is 5.73 Å². The average Bonchev–Trinajstić information content (AvgIpc) is 2.38. The standard InChI is InChI=1S/C15H14F3N/c1-2-10-8-12(6-7-14(10)19)11-4-3-5-13(9-11)15(16,17)18/h3-9H,2,19H2,1H3. The van der Waals surface area contributed by atoms with E-state index in [9.17, 15) is 13.2 Å². The predicted molar refractivity (Wildman–Crippen MR) is 70.7 cm³/mol. The third-order valence-corrected chi connectivity index (χ3v) is 3.05. The lowest BCUT2D eigenvalue weighted by atomic mass is 9.99. The van der Waals surface area contributed by atoms with Gasteiger partial charge in [-0.3, -0.25) is 0 Å². The van der Waals surface area contributed by atoms with Crippen LogP contribution in [-0.2, 0) is 12.6 Å². The quantitative estimate of drug-likeness (QED) is 0.794. The second-order valence-corrected chi connectivity index (χ2v) is 4.35. The molecule has 0 radical (unpaired) electrons. The molecule has 0 aliphatic rings. The van der Waals surface area contributed by atoms with Gasteiger partial charge in [0, 0.05) is 5.69 Å². The highest BCUT2D eigenvalue weighted by Gasteiger charge is 2.30. The molecule has 2 aromatic carbocycles. The van der Waals surface area contributed by atoms with Crippen LogP contribution < -0.4 is 5.73 Å². The summed E-state index contributed by atoms with van der Waals surface area (Å²) in [5.74, 6) is 0. The molecule has 2 aromatic rings. The van der Waals surface area contributed by atoms with Crippen molar-refractivity contribution in [2.45, 2.75) is 19.5 Å². The Balaban J connectivity index is 2.47. The summed E-state index contributed by atoms with van der Waals surface area (Å²) in [5.41, 5.74) is 8.06. The number of hydrogen-bond donors (Lipinski definition) is 1. The minimum Gasteiger partial charge on any atom is -0.399 e. The number of rotatable bonds is 2. The minimum atomic E-state index is -4.32. The summed E-state index contributed by atoms with van der Waals surface area (Å²) in [6.45, 7) is 1.96. The van der Waals surface area contributed by atoms with Crippen LogP contribution in [0.5, 0.6) is 0 Å². The fourth-order valence-corrected chi connectivity index (χ4v) is 1.97. The van der Waals surface area contributed by atoms with E-state index in [0.29, 0.717) is 11.3 Å².